The maximum Gasteiger partial charge on any atom is 0.326 e. The van der Waals surface area contributed by atoms with E-state index in [4.69, 9.17) is 4.74 Å². The first kappa shape index (κ1) is 15.7. The highest BCUT2D eigenvalue weighted by Gasteiger charge is 2.09. The van der Waals surface area contributed by atoms with Gasteiger partial charge in [-0.3, -0.25) is 14.2 Å². The molecule has 0 bridgehead atoms. The van der Waals surface area contributed by atoms with Crippen molar-refractivity contribution < 1.29 is 9.53 Å². The van der Waals surface area contributed by atoms with E-state index in [1.165, 1.54) is 10.8 Å². The Bertz CT molecular complexity index is 930. The van der Waals surface area contributed by atoms with E-state index in [1.54, 1.807) is 24.3 Å². The molecule has 0 saturated carbocycles. The summed E-state index contributed by atoms with van der Waals surface area (Å²) in [5.41, 5.74) is 1.98. The summed E-state index contributed by atoms with van der Waals surface area (Å²) in [5, 5.41) is 0. The Morgan fingerprint density at radius 1 is 1.08 bits per heavy atom. The van der Waals surface area contributed by atoms with E-state index in [2.05, 4.69) is 4.98 Å². The van der Waals surface area contributed by atoms with Crippen molar-refractivity contribution in [1.29, 1.82) is 0 Å². The van der Waals surface area contributed by atoms with E-state index in [-0.39, 0.29) is 18.7 Å². The zero-order chi connectivity index (χ0) is 16.8. The number of rotatable bonds is 5. The fraction of sp³-hybridized carbons (Fsp3) is 0.105. The van der Waals surface area contributed by atoms with Crippen LogP contribution in [0.3, 0.4) is 0 Å². The van der Waals surface area contributed by atoms with Crippen LogP contribution in [0.1, 0.15) is 5.56 Å². The van der Waals surface area contributed by atoms with Gasteiger partial charge in [-0.15, -0.1) is 0 Å². The van der Waals surface area contributed by atoms with Crippen molar-refractivity contribution in [3.63, 3.8) is 0 Å². The Labute approximate surface area is 138 Å². The minimum absolute atomic E-state index is 0.138. The second-order valence-corrected chi connectivity index (χ2v) is 5.17. The van der Waals surface area contributed by atoms with E-state index in [0.717, 1.165) is 5.56 Å². The van der Waals surface area contributed by atoms with Gasteiger partial charge in [0.2, 0.25) is 0 Å². The number of para-hydroxylation sites is 2. The number of fused-ring (bicyclic) bond motifs is 1. The van der Waals surface area contributed by atoms with Crippen LogP contribution in [0.4, 0.5) is 0 Å². The number of hydrogen-bond donors (Lipinski definition) is 0. The highest BCUT2D eigenvalue weighted by atomic mass is 16.5. The fourth-order valence-electron chi connectivity index (χ4n) is 2.34. The monoisotopic (exact) mass is 320 g/mol. The molecule has 120 valence electrons. The number of carbonyl (C=O) groups excluding carboxylic acids is 1. The number of aromatic nitrogens is 2. The molecule has 1 heterocycles. The van der Waals surface area contributed by atoms with Gasteiger partial charge in [0, 0.05) is 0 Å². The largest absolute Gasteiger partial charge is 0.460 e. The third kappa shape index (κ3) is 3.76. The molecule has 0 spiro atoms. The zero-order valence-corrected chi connectivity index (χ0v) is 13.0. The summed E-state index contributed by atoms with van der Waals surface area (Å²) in [6.07, 6.45) is 4.85. The topological polar surface area (TPSA) is 61.2 Å². The molecule has 2 aromatic carbocycles. The Balaban J connectivity index is 1.64. The van der Waals surface area contributed by atoms with Crippen molar-refractivity contribution >= 4 is 23.1 Å². The van der Waals surface area contributed by atoms with Crippen LogP contribution in [-0.2, 0) is 16.1 Å². The first-order valence-electron chi connectivity index (χ1n) is 7.56. The average molecular weight is 320 g/mol. The van der Waals surface area contributed by atoms with Crippen LogP contribution in [0.2, 0.25) is 0 Å². The van der Waals surface area contributed by atoms with Gasteiger partial charge in [0.05, 0.1) is 17.2 Å². The van der Waals surface area contributed by atoms with E-state index in [1.807, 2.05) is 42.5 Å². The molecule has 0 aliphatic heterocycles. The Kier molecular flexibility index (Phi) is 4.81. The standard InChI is InChI=1S/C19H16N2O3/c22-18-13-20-16-10-4-5-11-17(16)21(18)14-19(23)24-12-6-9-15-7-2-1-3-8-15/h1-11,13H,12,14H2/b9-6-. The summed E-state index contributed by atoms with van der Waals surface area (Å²) in [6, 6.07) is 16.9. The predicted molar refractivity (Wildman–Crippen MR) is 92.4 cm³/mol. The molecule has 0 aliphatic rings. The van der Waals surface area contributed by atoms with Gasteiger partial charge < -0.3 is 4.74 Å². The molecule has 1 aromatic heterocycles. The minimum Gasteiger partial charge on any atom is -0.460 e. The van der Waals surface area contributed by atoms with Crippen LogP contribution < -0.4 is 5.56 Å². The van der Waals surface area contributed by atoms with Gasteiger partial charge in [0.25, 0.3) is 5.56 Å². The second-order valence-electron chi connectivity index (χ2n) is 5.17. The Morgan fingerprint density at radius 3 is 2.67 bits per heavy atom. The lowest BCUT2D eigenvalue weighted by Gasteiger charge is -2.08. The molecule has 24 heavy (non-hydrogen) atoms. The quantitative estimate of drug-likeness (QED) is 0.678. The Hall–Kier alpha value is -3.21. The molecule has 0 atom stereocenters. The zero-order valence-electron chi connectivity index (χ0n) is 13.0. The molecule has 0 N–H and O–H groups in total. The van der Waals surface area contributed by atoms with Crippen LogP contribution in [0.5, 0.6) is 0 Å². The van der Waals surface area contributed by atoms with Gasteiger partial charge in [-0.05, 0) is 23.8 Å². The predicted octanol–water partition coefficient (Wildman–Crippen LogP) is 2.65. The van der Waals surface area contributed by atoms with Gasteiger partial charge in [-0.25, -0.2) is 4.98 Å². The molecule has 5 heteroatoms. The van der Waals surface area contributed by atoms with Crippen molar-refractivity contribution in [1.82, 2.24) is 9.55 Å². The lowest BCUT2D eigenvalue weighted by molar-refractivity contribution is -0.143. The fourth-order valence-corrected chi connectivity index (χ4v) is 2.34. The summed E-state index contributed by atoms with van der Waals surface area (Å²) in [7, 11) is 0. The van der Waals surface area contributed by atoms with Gasteiger partial charge in [0.1, 0.15) is 13.2 Å². The SMILES string of the molecule is O=C(Cn1c(=O)cnc2ccccc21)OC/C=C\c1ccccc1. The molecule has 0 saturated heterocycles. The van der Waals surface area contributed by atoms with Crippen molar-refractivity contribution in [3.05, 3.63) is 82.8 Å². The maximum absolute atomic E-state index is 12.0. The van der Waals surface area contributed by atoms with Gasteiger partial charge in [-0.2, -0.15) is 0 Å². The third-order valence-corrected chi connectivity index (χ3v) is 3.49. The molecule has 3 rings (SSSR count). The number of carbonyl (C=O) groups is 1. The van der Waals surface area contributed by atoms with Crippen molar-refractivity contribution in [2.24, 2.45) is 0 Å². The van der Waals surface area contributed by atoms with Crippen LogP contribution >= 0.6 is 0 Å². The van der Waals surface area contributed by atoms with Crippen LogP contribution in [0.15, 0.2) is 71.7 Å². The van der Waals surface area contributed by atoms with Crippen LogP contribution in [0.25, 0.3) is 17.1 Å². The molecule has 0 unspecified atom stereocenters. The lowest BCUT2D eigenvalue weighted by Crippen LogP contribution is -2.25. The molecule has 0 fully saturated rings. The van der Waals surface area contributed by atoms with Crippen LogP contribution in [-0.4, -0.2) is 22.1 Å². The number of benzene rings is 2. The van der Waals surface area contributed by atoms with E-state index in [9.17, 15) is 9.59 Å². The highest BCUT2D eigenvalue weighted by molar-refractivity contribution is 5.77. The average Bonchev–Trinajstić information content (AvgIpc) is 2.62. The van der Waals surface area contributed by atoms with Crippen molar-refractivity contribution in [2.75, 3.05) is 6.61 Å². The summed E-state index contributed by atoms with van der Waals surface area (Å²) in [6.45, 7) is 0.0204. The van der Waals surface area contributed by atoms with E-state index in [0.29, 0.717) is 11.0 Å². The summed E-state index contributed by atoms with van der Waals surface area (Å²) in [4.78, 5) is 28.0. The molecule has 0 radical (unpaired) electrons. The molecule has 0 aliphatic carbocycles. The Morgan fingerprint density at radius 2 is 1.83 bits per heavy atom. The van der Waals surface area contributed by atoms with Gasteiger partial charge in [-0.1, -0.05) is 48.5 Å². The van der Waals surface area contributed by atoms with Crippen molar-refractivity contribution in [2.45, 2.75) is 6.54 Å². The summed E-state index contributed by atoms with van der Waals surface area (Å²) in [5.74, 6) is -0.467. The molecule has 5 nitrogen and oxygen atoms in total. The van der Waals surface area contributed by atoms with Gasteiger partial charge in [0.15, 0.2) is 0 Å². The first-order chi connectivity index (χ1) is 11.7. The molecule has 3 aromatic rings. The van der Waals surface area contributed by atoms with Crippen molar-refractivity contribution in [3.8, 4) is 0 Å². The number of nitrogens with zero attached hydrogens (tertiary/aromatic N) is 2. The van der Waals surface area contributed by atoms with Crippen LogP contribution in [0, 0.1) is 0 Å². The molecular weight excluding hydrogens is 304 g/mol. The normalized spacial score (nSPS) is 11.0. The highest BCUT2D eigenvalue weighted by Crippen LogP contribution is 2.08. The summed E-state index contributed by atoms with van der Waals surface area (Å²) >= 11 is 0. The first-order valence-corrected chi connectivity index (χ1v) is 7.56. The van der Waals surface area contributed by atoms with E-state index < -0.39 is 5.97 Å². The van der Waals surface area contributed by atoms with Gasteiger partial charge >= 0.3 is 5.97 Å². The molecular formula is C19H16N2O3. The van der Waals surface area contributed by atoms with E-state index >= 15 is 0 Å². The smallest absolute Gasteiger partial charge is 0.326 e. The second kappa shape index (κ2) is 7.37. The molecule has 0 amide bonds. The minimum atomic E-state index is -0.467. The number of ether oxygens (including phenoxy) is 1. The summed E-state index contributed by atoms with van der Waals surface area (Å²) < 4.78 is 6.53. The lowest BCUT2D eigenvalue weighted by atomic mass is 10.2. The number of hydrogen-bond acceptors (Lipinski definition) is 4. The number of esters is 1. The third-order valence-electron chi connectivity index (χ3n) is 3.49. The maximum atomic E-state index is 12.0.